The van der Waals surface area contributed by atoms with Gasteiger partial charge in [0.05, 0.1) is 23.6 Å². The highest BCUT2D eigenvalue weighted by atomic mass is 19.4. The molecule has 2 aromatic heterocycles. The highest BCUT2D eigenvalue weighted by molar-refractivity contribution is 5.91. The Balaban J connectivity index is 1.46. The highest BCUT2D eigenvalue weighted by Crippen LogP contribution is 2.29. The van der Waals surface area contributed by atoms with Crippen molar-refractivity contribution in [1.29, 1.82) is 0 Å². The van der Waals surface area contributed by atoms with Crippen molar-refractivity contribution in [1.82, 2.24) is 14.5 Å². The summed E-state index contributed by atoms with van der Waals surface area (Å²) in [5, 5.41) is 1.00. The monoisotopic (exact) mass is 404 g/mol. The maximum absolute atomic E-state index is 12.6. The molecular weight excluding hydrogens is 385 g/mol. The average molecular weight is 404 g/mol. The van der Waals surface area contributed by atoms with Gasteiger partial charge in [-0.2, -0.15) is 13.2 Å². The van der Waals surface area contributed by atoms with Gasteiger partial charge in [-0.15, -0.1) is 0 Å². The van der Waals surface area contributed by atoms with Gasteiger partial charge in [0.1, 0.15) is 6.10 Å². The number of ether oxygens (including phenoxy) is 1. The van der Waals surface area contributed by atoms with Gasteiger partial charge in [-0.3, -0.25) is 4.79 Å². The van der Waals surface area contributed by atoms with Crippen LogP contribution in [0.15, 0.2) is 47.5 Å². The molecule has 0 unspecified atom stereocenters. The van der Waals surface area contributed by atoms with E-state index >= 15 is 0 Å². The topological polar surface area (TPSA) is 60.2 Å². The minimum absolute atomic E-state index is 0.0704. The second kappa shape index (κ2) is 7.38. The molecule has 29 heavy (non-hydrogen) atoms. The molecule has 1 aliphatic heterocycles. The zero-order valence-corrected chi connectivity index (χ0v) is 15.7. The molecule has 1 saturated heterocycles. The van der Waals surface area contributed by atoms with E-state index in [0.29, 0.717) is 25.9 Å². The van der Waals surface area contributed by atoms with Crippen LogP contribution in [0.2, 0.25) is 0 Å². The summed E-state index contributed by atoms with van der Waals surface area (Å²) in [5.74, 6) is -0.965. The zero-order valence-electron chi connectivity index (χ0n) is 15.7. The molecule has 0 spiro atoms. The lowest BCUT2D eigenvalue weighted by Gasteiger charge is -2.34. The number of alkyl halides is 3. The van der Waals surface area contributed by atoms with E-state index in [1.807, 2.05) is 24.3 Å². The summed E-state index contributed by atoms with van der Waals surface area (Å²) >= 11 is 0. The van der Waals surface area contributed by atoms with Crippen molar-refractivity contribution < 1.29 is 17.9 Å². The van der Waals surface area contributed by atoms with Crippen molar-refractivity contribution >= 4 is 16.6 Å². The minimum atomic E-state index is -4.57. The van der Waals surface area contributed by atoms with Crippen molar-refractivity contribution in [3.63, 3.8) is 0 Å². The molecule has 0 atom stereocenters. The van der Waals surface area contributed by atoms with Crippen LogP contribution < -0.4 is 15.2 Å². The molecule has 0 saturated carbocycles. The third-order valence-electron chi connectivity index (χ3n) is 5.10. The van der Waals surface area contributed by atoms with Crippen LogP contribution in [0.4, 0.5) is 18.9 Å². The second-order valence-electron chi connectivity index (χ2n) is 6.99. The minimum Gasteiger partial charge on any atom is -0.487 e. The first kappa shape index (κ1) is 19.2. The lowest BCUT2D eigenvalue weighted by Crippen LogP contribution is -2.39. The van der Waals surface area contributed by atoms with Crippen LogP contribution >= 0.6 is 0 Å². The van der Waals surface area contributed by atoms with E-state index in [2.05, 4.69) is 14.9 Å². The summed E-state index contributed by atoms with van der Waals surface area (Å²) in [7, 11) is 1.75. The fraction of sp³-hybridized carbons (Fsp3) is 0.350. The van der Waals surface area contributed by atoms with Gasteiger partial charge in [0.25, 0.3) is 5.56 Å². The van der Waals surface area contributed by atoms with Crippen LogP contribution in [0.25, 0.3) is 10.9 Å². The molecule has 1 aliphatic rings. The lowest BCUT2D eigenvalue weighted by atomic mass is 10.1. The van der Waals surface area contributed by atoms with Crippen molar-refractivity contribution in [2.75, 3.05) is 18.0 Å². The van der Waals surface area contributed by atoms with Crippen LogP contribution in [-0.4, -0.2) is 33.7 Å². The van der Waals surface area contributed by atoms with Crippen molar-refractivity contribution in [2.45, 2.75) is 25.1 Å². The average Bonchev–Trinajstić information content (AvgIpc) is 2.71. The Bertz CT molecular complexity index is 1070. The van der Waals surface area contributed by atoms with Crippen molar-refractivity contribution in [3.8, 4) is 5.75 Å². The predicted octanol–water partition coefficient (Wildman–Crippen LogP) is 3.40. The third kappa shape index (κ3) is 3.90. The summed E-state index contributed by atoms with van der Waals surface area (Å²) in [6, 6.07) is 9.40. The number of pyridine rings is 1. The number of hydrogen-bond donors (Lipinski definition) is 0. The van der Waals surface area contributed by atoms with E-state index in [0.717, 1.165) is 29.0 Å². The molecule has 152 valence electrons. The van der Waals surface area contributed by atoms with Crippen LogP contribution in [-0.2, 0) is 13.2 Å². The molecule has 4 rings (SSSR count). The summed E-state index contributed by atoms with van der Waals surface area (Å²) < 4.78 is 45.0. The highest BCUT2D eigenvalue weighted by Gasteiger charge is 2.34. The summed E-state index contributed by atoms with van der Waals surface area (Å²) in [6.45, 7) is 1.34. The Morgan fingerprint density at radius 1 is 1.10 bits per heavy atom. The number of halogens is 3. The van der Waals surface area contributed by atoms with Gasteiger partial charge in [-0.25, -0.2) is 9.97 Å². The molecule has 6 nitrogen and oxygen atoms in total. The third-order valence-corrected chi connectivity index (χ3v) is 5.10. The molecule has 1 aromatic carbocycles. The molecule has 9 heteroatoms. The number of piperidine rings is 1. The molecule has 0 N–H and O–H groups in total. The molecule has 3 heterocycles. The van der Waals surface area contributed by atoms with Gasteiger partial charge in [0, 0.05) is 44.4 Å². The molecule has 0 aliphatic carbocycles. The lowest BCUT2D eigenvalue weighted by molar-refractivity contribution is -0.145. The van der Waals surface area contributed by atoms with E-state index in [9.17, 15) is 18.0 Å². The first-order chi connectivity index (χ1) is 13.8. The van der Waals surface area contributed by atoms with E-state index in [-0.39, 0.29) is 17.4 Å². The van der Waals surface area contributed by atoms with Gasteiger partial charge in [-0.1, -0.05) is 18.2 Å². The standard InChI is InChI=1S/C20H19F3N4O2/c1-26-16-5-3-2-4-15(16)17(10-18(26)28)27-8-6-13(7-9-27)29-14-11-24-19(25-12-14)20(21,22)23/h2-5,10-13H,6-9H2,1H3. The van der Waals surface area contributed by atoms with Gasteiger partial charge in [0.15, 0.2) is 5.75 Å². The zero-order chi connectivity index (χ0) is 20.6. The smallest absolute Gasteiger partial charge is 0.451 e. The van der Waals surface area contributed by atoms with Crippen molar-refractivity contribution in [2.24, 2.45) is 7.05 Å². The number of nitrogens with zero attached hydrogens (tertiary/aromatic N) is 4. The number of aryl methyl sites for hydroxylation is 1. The van der Waals surface area contributed by atoms with Crippen LogP contribution in [0, 0.1) is 0 Å². The fourth-order valence-corrected chi connectivity index (χ4v) is 3.59. The molecule has 1 fully saturated rings. The quantitative estimate of drug-likeness (QED) is 0.670. The summed E-state index contributed by atoms with van der Waals surface area (Å²) in [6.07, 6.45) is -1.27. The Morgan fingerprint density at radius 3 is 2.41 bits per heavy atom. The number of hydrogen-bond acceptors (Lipinski definition) is 5. The SMILES string of the molecule is Cn1c(=O)cc(N2CCC(Oc3cnc(C(F)(F)F)nc3)CC2)c2ccccc21. The van der Waals surface area contributed by atoms with Crippen LogP contribution in [0.3, 0.4) is 0 Å². The van der Waals surface area contributed by atoms with E-state index < -0.39 is 12.0 Å². The molecule has 3 aromatic rings. The number of fused-ring (bicyclic) bond motifs is 1. The largest absolute Gasteiger partial charge is 0.487 e. The number of benzene rings is 1. The maximum Gasteiger partial charge on any atom is 0.451 e. The maximum atomic E-state index is 12.6. The fourth-order valence-electron chi connectivity index (χ4n) is 3.59. The molecule has 0 amide bonds. The second-order valence-corrected chi connectivity index (χ2v) is 6.99. The van der Waals surface area contributed by atoms with Gasteiger partial charge in [0.2, 0.25) is 5.82 Å². The first-order valence-electron chi connectivity index (χ1n) is 9.22. The van der Waals surface area contributed by atoms with Crippen LogP contribution in [0.1, 0.15) is 18.7 Å². The first-order valence-corrected chi connectivity index (χ1v) is 9.22. The number of para-hydroxylation sites is 1. The Morgan fingerprint density at radius 2 is 1.76 bits per heavy atom. The Kier molecular flexibility index (Phi) is 4.89. The summed E-state index contributed by atoms with van der Waals surface area (Å²) in [4.78, 5) is 21.1. The van der Waals surface area contributed by atoms with Crippen molar-refractivity contribution in [3.05, 3.63) is 58.9 Å². The Hall–Kier alpha value is -3.10. The molecule has 0 bridgehead atoms. The summed E-state index contributed by atoms with van der Waals surface area (Å²) in [5.41, 5.74) is 1.69. The molecule has 0 radical (unpaired) electrons. The number of rotatable bonds is 3. The number of anilines is 1. The van der Waals surface area contributed by atoms with E-state index in [1.54, 1.807) is 17.7 Å². The Labute approximate surface area is 164 Å². The van der Waals surface area contributed by atoms with Gasteiger partial charge < -0.3 is 14.2 Å². The normalized spacial score (nSPS) is 15.7. The van der Waals surface area contributed by atoms with E-state index in [4.69, 9.17) is 4.74 Å². The molecular formula is C20H19F3N4O2. The van der Waals surface area contributed by atoms with Gasteiger partial charge in [-0.05, 0) is 6.07 Å². The van der Waals surface area contributed by atoms with E-state index in [1.165, 1.54) is 0 Å². The number of aromatic nitrogens is 3. The van der Waals surface area contributed by atoms with Crippen LogP contribution in [0.5, 0.6) is 5.75 Å². The predicted molar refractivity (Wildman–Crippen MR) is 102 cm³/mol. The van der Waals surface area contributed by atoms with Gasteiger partial charge >= 0.3 is 6.18 Å².